The fourth-order valence-electron chi connectivity index (χ4n) is 2.90. The lowest BCUT2D eigenvalue weighted by molar-refractivity contribution is 0.0421. The third kappa shape index (κ3) is 2.41. The molecule has 0 heterocycles. The smallest absolute Gasteiger partial charge is 0.129 e. The van der Waals surface area contributed by atoms with Gasteiger partial charge in [0.1, 0.15) is 11.2 Å². The van der Waals surface area contributed by atoms with Crippen LogP contribution in [0.1, 0.15) is 11.1 Å². The molecule has 3 rings (SSSR count). The first-order valence-corrected chi connectivity index (χ1v) is 7.37. The molecule has 0 amide bonds. The second-order valence-electron chi connectivity index (χ2n) is 5.39. The van der Waals surface area contributed by atoms with Crippen molar-refractivity contribution in [2.24, 2.45) is 0 Å². The van der Waals surface area contributed by atoms with Crippen LogP contribution in [0, 0.1) is 0 Å². The average Bonchev–Trinajstić information content (AvgIpc) is 2.63. The summed E-state index contributed by atoms with van der Waals surface area (Å²) < 4.78 is 11.6. The number of hydrogen-bond acceptors (Lipinski definition) is 2. The van der Waals surface area contributed by atoms with Crippen LogP contribution in [0.25, 0.3) is 0 Å². The molecular weight excluding hydrogens is 272 g/mol. The van der Waals surface area contributed by atoms with Crippen LogP contribution in [0.5, 0.6) is 0 Å². The maximum atomic E-state index is 5.81. The van der Waals surface area contributed by atoms with Gasteiger partial charge < -0.3 is 9.47 Å². The Bertz CT molecular complexity index is 598. The van der Waals surface area contributed by atoms with Gasteiger partial charge in [-0.1, -0.05) is 60.7 Å². The minimum Gasteiger partial charge on any atom is -0.365 e. The van der Waals surface area contributed by atoms with Gasteiger partial charge in [0, 0.05) is 14.2 Å². The molecule has 1 aliphatic carbocycles. The van der Waals surface area contributed by atoms with Crippen LogP contribution in [0.4, 0.5) is 0 Å². The Balaban J connectivity index is 2.02. The van der Waals surface area contributed by atoms with E-state index in [1.807, 2.05) is 36.4 Å². The summed E-state index contributed by atoms with van der Waals surface area (Å²) in [5, 5.41) is 0. The van der Waals surface area contributed by atoms with Crippen LogP contribution in [0.2, 0.25) is 0 Å². The van der Waals surface area contributed by atoms with Crippen molar-refractivity contribution >= 4 is 0 Å². The largest absolute Gasteiger partial charge is 0.365 e. The van der Waals surface area contributed by atoms with Crippen molar-refractivity contribution in [3.05, 3.63) is 96.1 Å². The van der Waals surface area contributed by atoms with Crippen LogP contribution in [0.3, 0.4) is 0 Å². The molecule has 0 unspecified atom stereocenters. The summed E-state index contributed by atoms with van der Waals surface area (Å²) in [6, 6.07) is 20.4. The normalized spacial score (nSPS) is 27.0. The predicted molar refractivity (Wildman–Crippen MR) is 88.5 cm³/mol. The van der Waals surface area contributed by atoms with Crippen LogP contribution in [-0.4, -0.2) is 14.2 Å². The third-order valence-electron chi connectivity index (χ3n) is 4.28. The molecule has 2 nitrogen and oxygen atoms in total. The molecule has 2 aromatic carbocycles. The predicted octanol–water partition coefficient (Wildman–Crippen LogP) is 4.20. The average molecular weight is 292 g/mol. The monoisotopic (exact) mass is 292 g/mol. The van der Waals surface area contributed by atoms with E-state index in [2.05, 4.69) is 48.6 Å². The first kappa shape index (κ1) is 14.8. The Morgan fingerprint density at radius 1 is 0.545 bits per heavy atom. The topological polar surface area (TPSA) is 18.5 Å². The van der Waals surface area contributed by atoms with Crippen molar-refractivity contribution < 1.29 is 9.47 Å². The SMILES string of the molecule is COC1(c2ccccc2)C=CC(OC)(c2ccccc2)C=C1. The summed E-state index contributed by atoms with van der Waals surface area (Å²) in [5.74, 6) is 0. The molecule has 1 aliphatic rings. The van der Waals surface area contributed by atoms with Crippen LogP contribution in [-0.2, 0) is 20.7 Å². The van der Waals surface area contributed by atoms with Gasteiger partial charge in [-0.15, -0.1) is 0 Å². The zero-order valence-electron chi connectivity index (χ0n) is 12.9. The molecule has 0 aromatic heterocycles. The Hall–Kier alpha value is -2.16. The van der Waals surface area contributed by atoms with Gasteiger partial charge in [-0.2, -0.15) is 0 Å². The molecule has 0 spiro atoms. The Morgan fingerprint density at radius 3 is 1.14 bits per heavy atom. The highest BCUT2D eigenvalue weighted by molar-refractivity contribution is 5.43. The summed E-state index contributed by atoms with van der Waals surface area (Å²) in [5.41, 5.74) is 1.11. The molecular formula is C20H20O2. The van der Waals surface area contributed by atoms with Gasteiger partial charge in [-0.3, -0.25) is 0 Å². The minimum absolute atomic E-state index is 0.544. The molecule has 0 radical (unpaired) electrons. The van der Waals surface area contributed by atoms with Gasteiger partial charge in [0.2, 0.25) is 0 Å². The highest BCUT2D eigenvalue weighted by Crippen LogP contribution is 2.39. The molecule has 0 N–H and O–H groups in total. The molecule has 2 aromatic rings. The molecule has 0 fully saturated rings. The number of rotatable bonds is 4. The second-order valence-corrected chi connectivity index (χ2v) is 5.39. The molecule has 0 aliphatic heterocycles. The van der Waals surface area contributed by atoms with E-state index in [1.54, 1.807) is 14.2 Å². The summed E-state index contributed by atoms with van der Waals surface area (Å²) in [7, 11) is 3.45. The molecule has 0 atom stereocenters. The highest BCUT2D eigenvalue weighted by Gasteiger charge is 2.36. The van der Waals surface area contributed by atoms with Gasteiger partial charge >= 0.3 is 0 Å². The Labute approximate surface area is 131 Å². The molecule has 0 saturated carbocycles. The number of hydrogen-bond donors (Lipinski definition) is 0. The van der Waals surface area contributed by atoms with Crippen molar-refractivity contribution in [2.75, 3.05) is 14.2 Å². The number of ether oxygens (including phenoxy) is 2. The highest BCUT2D eigenvalue weighted by atomic mass is 16.5. The lowest BCUT2D eigenvalue weighted by Gasteiger charge is -2.36. The maximum absolute atomic E-state index is 5.81. The zero-order chi connectivity index (χ0) is 15.5. The molecule has 0 bridgehead atoms. The number of benzene rings is 2. The zero-order valence-corrected chi connectivity index (χ0v) is 12.9. The number of methoxy groups -OCH3 is 2. The van der Waals surface area contributed by atoms with Gasteiger partial charge in [-0.25, -0.2) is 0 Å². The molecule has 0 saturated heterocycles. The quantitative estimate of drug-likeness (QED) is 0.786. The minimum atomic E-state index is -0.544. The van der Waals surface area contributed by atoms with E-state index >= 15 is 0 Å². The Kier molecular flexibility index (Phi) is 3.97. The summed E-state index contributed by atoms with van der Waals surface area (Å²) in [6.07, 6.45) is 8.27. The standard InChI is InChI=1S/C20H20O2/c1-21-19(17-9-5-3-6-10-17)13-15-20(22-2,16-14-19)18-11-7-4-8-12-18/h3-16H,1-2H3. The van der Waals surface area contributed by atoms with E-state index in [4.69, 9.17) is 9.47 Å². The third-order valence-corrected chi connectivity index (χ3v) is 4.28. The lowest BCUT2D eigenvalue weighted by atomic mass is 9.81. The van der Waals surface area contributed by atoms with E-state index in [1.165, 1.54) is 0 Å². The lowest BCUT2D eigenvalue weighted by Crippen LogP contribution is -2.33. The van der Waals surface area contributed by atoms with Crippen LogP contribution < -0.4 is 0 Å². The maximum Gasteiger partial charge on any atom is 0.129 e. The summed E-state index contributed by atoms with van der Waals surface area (Å²) >= 11 is 0. The fraction of sp³-hybridized carbons (Fsp3) is 0.200. The molecule has 2 heteroatoms. The van der Waals surface area contributed by atoms with Crippen molar-refractivity contribution in [2.45, 2.75) is 11.2 Å². The van der Waals surface area contributed by atoms with Crippen LogP contribution >= 0.6 is 0 Å². The van der Waals surface area contributed by atoms with Gasteiger partial charge in [0.15, 0.2) is 0 Å². The van der Waals surface area contributed by atoms with E-state index in [0.29, 0.717) is 0 Å². The Morgan fingerprint density at radius 2 is 0.864 bits per heavy atom. The first-order valence-electron chi connectivity index (χ1n) is 7.37. The van der Waals surface area contributed by atoms with Crippen LogP contribution in [0.15, 0.2) is 85.0 Å². The van der Waals surface area contributed by atoms with E-state index in [9.17, 15) is 0 Å². The van der Waals surface area contributed by atoms with Crippen molar-refractivity contribution in [3.63, 3.8) is 0 Å². The molecule has 22 heavy (non-hydrogen) atoms. The molecule has 112 valence electrons. The van der Waals surface area contributed by atoms with E-state index in [0.717, 1.165) is 11.1 Å². The van der Waals surface area contributed by atoms with Gasteiger partial charge in [0.05, 0.1) is 0 Å². The van der Waals surface area contributed by atoms with Crippen molar-refractivity contribution in [1.29, 1.82) is 0 Å². The van der Waals surface area contributed by atoms with E-state index < -0.39 is 11.2 Å². The van der Waals surface area contributed by atoms with Gasteiger partial charge in [0.25, 0.3) is 0 Å². The van der Waals surface area contributed by atoms with Crippen molar-refractivity contribution in [3.8, 4) is 0 Å². The fourth-order valence-corrected chi connectivity index (χ4v) is 2.90. The second kappa shape index (κ2) is 5.91. The van der Waals surface area contributed by atoms with Crippen molar-refractivity contribution in [1.82, 2.24) is 0 Å². The summed E-state index contributed by atoms with van der Waals surface area (Å²) in [6.45, 7) is 0. The summed E-state index contributed by atoms with van der Waals surface area (Å²) in [4.78, 5) is 0. The first-order chi connectivity index (χ1) is 10.7. The van der Waals surface area contributed by atoms with Gasteiger partial charge in [-0.05, 0) is 35.4 Å². The van der Waals surface area contributed by atoms with E-state index in [-0.39, 0.29) is 0 Å².